The molecule has 2 rings (SSSR count). The molecular formula is C20H32N2O4. The van der Waals surface area contributed by atoms with E-state index in [9.17, 15) is 9.59 Å². The normalized spacial score (nSPS) is 16.3. The minimum atomic E-state index is -0.430. The van der Waals surface area contributed by atoms with Gasteiger partial charge in [0.2, 0.25) is 0 Å². The van der Waals surface area contributed by atoms with Crippen molar-refractivity contribution in [2.24, 2.45) is 5.92 Å². The first-order valence-corrected chi connectivity index (χ1v) is 9.44. The third-order valence-corrected chi connectivity index (χ3v) is 3.86. The quantitative estimate of drug-likeness (QED) is 0.850. The van der Waals surface area contributed by atoms with E-state index >= 15 is 0 Å². The molecular weight excluding hydrogens is 332 g/mol. The van der Waals surface area contributed by atoms with Crippen molar-refractivity contribution in [3.05, 3.63) is 35.9 Å². The molecule has 1 aliphatic heterocycles. The summed E-state index contributed by atoms with van der Waals surface area (Å²) in [4.78, 5) is 25.4. The number of amides is 2. The molecule has 1 aliphatic rings. The Morgan fingerprint density at radius 1 is 1.23 bits per heavy atom. The molecule has 1 heterocycles. The van der Waals surface area contributed by atoms with Gasteiger partial charge in [-0.25, -0.2) is 9.59 Å². The molecule has 0 aliphatic carbocycles. The third-order valence-electron chi connectivity index (χ3n) is 3.86. The number of nitrogens with zero attached hydrogens (tertiary/aromatic N) is 1. The summed E-state index contributed by atoms with van der Waals surface area (Å²) < 4.78 is 10.4. The van der Waals surface area contributed by atoms with Gasteiger partial charge in [-0.15, -0.1) is 0 Å². The predicted molar refractivity (Wildman–Crippen MR) is 102 cm³/mol. The summed E-state index contributed by atoms with van der Waals surface area (Å²) in [7, 11) is 0. The standard InChI is InChI=1S/C18H26N2O4.C2H6/c1-14(2)24-18(22)20-10-6-9-16(12-20)11-19-17(21)23-13-15-7-4-3-5-8-15;1-2/h3-5,7-8,14,16H,6,9-13H2,1-2H3,(H,19,21);1-2H3. The molecule has 1 aromatic rings. The molecule has 1 saturated heterocycles. The fraction of sp³-hybridized carbons (Fsp3) is 0.600. The van der Waals surface area contributed by atoms with E-state index in [1.165, 1.54) is 0 Å². The minimum absolute atomic E-state index is 0.121. The van der Waals surface area contributed by atoms with Crippen molar-refractivity contribution in [2.75, 3.05) is 19.6 Å². The molecule has 6 heteroatoms. The van der Waals surface area contributed by atoms with E-state index in [0.29, 0.717) is 19.6 Å². The van der Waals surface area contributed by atoms with Crippen molar-refractivity contribution < 1.29 is 19.1 Å². The van der Waals surface area contributed by atoms with Gasteiger partial charge in [-0.3, -0.25) is 0 Å². The van der Waals surface area contributed by atoms with E-state index in [0.717, 1.165) is 18.4 Å². The Morgan fingerprint density at radius 2 is 1.92 bits per heavy atom. The molecule has 146 valence electrons. The van der Waals surface area contributed by atoms with Crippen LogP contribution < -0.4 is 5.32 Å². The van der Waals surface area contributed by atoms with Gasteiger partial charge in [0.15, 0.2) is 0 Å². The molecule has 0 bridgehead atoms. The molecule has 2 amide bonds. The second kappa shape index (κ2) is 12.2. The van der Waals surface area contributed by atoms with Gasteiger partial charge >= 0.3 is 12.2 Å². The molecule has 0 saturated carbocycles. The number of likely N-dealkylation sites (tertiary alicyclic amines) is 1. The van der Waals surface area contributed by atoms with Crippen LogP contribution in [0.1, 0.15) is 46.1 Å². The van der Waals surface area contributed by atoms with Crippen LogP contribution in [0, 0.1) is 5.92 Å². The lowest BCUT2D eigenvalue weighted by atomic mass is 9.98. The summed E-state index contributed by atoms with van der Waals surface area (Å²) in [6.45, 7) is 9.74. The summed E-state index contributed by atoms with van der Waals surface area (Å²) in [5.41, 5.74) is 0.952. The van der Waals surface area contributed by atoms with E-state index in [4.69, 9.17) is 9.47 Å². The number of rotatable bonds is 5. The number of hydrogen-bond acceptors (Lipinski definition) is 4. The van der Waals surface area contributed by atoms with Gasteiger partial charge in [-0.2, -0.15) is 0 Å². The molecule has 0 aromatic heterocycles. The SMILES string of the molecule is CC.CC(C)OC(=O)N1CCCC(CNC(=O)OCc2ccccc2)C1. The maximum absolute atomic E-state index is 11.9. The number of carbonyl (C=O) groups is 2. The van der Waals surface area contributed by atoms with E-state index in [2.05, 4.69) is 5.32 Å². The predicted octanol–water partition coefficient (Wildman–Crippen LogP) is 4.20. The fourth-order valence-electron chi connectivity index (χ4n) is 2.68. The molecule has 0 radical (unpaired) electrons. The van der Waals surface area contributed by atoms with Crippen LogP contribution in [0.15, 0.2) is 30.3 Å². The van der Waals surface area contributed by atoms with E-state index in [1.807, 2.05) is 58.0 Å². The topological polar surface area (TPSA) is 67.9 Å². The summed E-state index contributed by atoms with van der Waals surface area (Å²) in [5, 5.41) is 2.78. The van der Waals surface area contributed by atoms with E-state index in [1.54, 1.807) is 4.90 Å². The molecule has 1 fully saturated rings. The van der Waals surface area contributed by atoms with Crippen LogP contribution in [0.2, 0.25) is 0 Å². The van der Waals surface area contributed by atoms with Crippen molar-refractivity contribution in [1.29, 1.82) is 0 Å². The van der Waals surface area contributed by atoms with Crippen molar-refractivity contribution in [1.82, 2.24) is 10.2 Å². The summed E-state index contributed by atoms with van der Waals surface area (Å²) in [6, 6.07) is 9.55. The molecule has 1 aromatic carbocycles. The molecule has 1 N–H and O–H groups in total. The number of piperidine rings is 1. The second-order valence-electron chi connectivity index (χ2n) is 6.33. The number of alkyl carbamates (subject to hydrolysis) is 1. The van der Waals surface area contributed by atoms with Crippen molar-refractivity contribution in [2.45, 2.75) is 53.2 Å². The van der Waals surface area contributed by atoms with Crippen molar-refractivity contribution in [3.63, 3.8) is 0 Å². The Balaban J connectivity index is 0.00000163. The zero-order chi connectivity index (χ0) is 19.4. The largest absolute Gasteiger partial charge is 0.447 e. The van der Waals surface area contributed by atoms with Gasteiger partial charge < -0.3 is 19.7 Å². The fourth-order valence-corrected chi connectivity index (χ4v) is 2.68. The zero-order valence-electron chi connectivity index (χ0n) is 16.4. The first-order valence-electron chi connectivity index (χ1n) is 9.44. The number of ether oxygens (including phenoxy) is 2. The lowest BCUT2D eigenvalue weighted by Gasteiger charge is -2.32. The highest BCUT2D eigenvalue weighted by atomic mass is 16.6. The van der Waals surface area contributed by atoms with Gasteiger partial charge in [-0.1, -0.05) is 44.2 Å². The Kier molecular flexibility index (Phi) is 10.2. The first kappa shape index (κ1) is 21.8. The van der Waals surface area contributed by atoms with Crippen LogP contribution in [-0.4, -0.2) is 42.8 Å². The molecule has 6 nitrogen and oxygen atoms in total. The average Bonchev–Trinajstić information content (AvgIpc) is 2.67. The van der Waals surface area contributed by atoms with E-state index in [-0.39, 0.29) is 24.7 Å². The number of hydrogen-bond donors (Lipinski definition) is 1. The number of benzene rings is 1. The lowest BCUT2D eigenvalue weighted by molar-refractivity contribution is 0.0623. The second-order valence-corrected chi connectivity index (χ2v) is 6.33. The number of carbonyl (C=O) groups excluding carboxylic acids is 2. The Hall–Kier alpha value is -2.24. The molecule has 1 unspecified atom stereocenters. The summed E-state index contributed by atoms with van der Waals surface area (Å²) in [6.07, 6.45) is 1.06. The summed E-state index contributed by atoms with van der Waals surface area (Å²) >= 11 is 0. The van der Waals surface area contributed by atoms with Crippen molar-refractivity contribution in [3.8, 4) is 0 Å². The molecule has 0 spiro atoms. The smallest absolute Gasteiger partial charge is 0.410 e. The Bertz CT molecular complexity index is 534. The monoisotopic (exact) mass is 364 g/mol. The van der Waals surface area contributed by atoms with Crippen molar-refractivity contribution >= 4 is 12.2 Å². The maximum Gasteiger partial charge on any atom is 0.410 e. The zero-order valence-corrected chi connectivity index (χ0v) is 16.4. The van der Waals surface area contributed by atoms with Crippen LogP contribution in [0.25, 0.3) is 0 Å². The number of nitrogens with one attached hydrogen (secondary N) is 1. The third kappa shape index (κ3) is 8.23. The average molecular weight is 364 g/mol. The highest BCUT2D eigenvalue weighted by Crippen LogP contribution is 2.17. The van der Waals surface area contributed by atoms with Crippen LogP contribution in [-0.2, 0) is 16.1 Å². The highest BCUT2D eigenvalue weighted by molar-refractivity contribution is 5.68. The Morgan fingerprint density at radius 3 is 2.58 bits per heavy atom. The van der Waals surface area contributed by atoms with Gasteiger partial charge in [0.25, 0.3) is 0 Å². The van der Waals surface area contributed by atoms with Crippen LogP contribution >= 0.6 is 0 Å². The Labute approximate surface area is 156 Å². The summed E-state index contributed by atoms with van der Waals surface area (Å²) in [5.74, 6) is 0.225. The van der Waals surface area contributed by atoms with Crippen LogP contribution in [0.5, 0.6) is 0 Å². The molecule has 26 heavy (non-hydrogen) atoms. The van der Waals surface area contributed by atoms with Crippen LogP contribution in [0.4, 0.5) is 9.59 Å². The highest BCUT2D eigenvalue weighted by Gasteiger charge is 2.25. The van der Waals surface area contributed by atoms with E-state index < -0.39 is 6.09 Å². The molecule has 1 atom stereocenters. The minimum Gasteiger partial charge on any atom is -0.447 e. The lowest BCUT2D eigenvalue weighted by Crippen LogP contribution is -2.44. The van der Waals surface area contributed by atoms with Crippen LogP contribution in [0.3, 0.4) is 0 Å². The van der Waals surface area contributed by atoms with Gasteiger partial charge in [0.05, 0.1) is 6.10 Å². The van der Waals surface area contributed by atoms with Gasteiger partial charge in [-0.05, 0) is 38.2 Å². The maximum atomic E-state index is 11.9. The van der Waals surface area contributed by atoms with Gasteiger partial charge in [0.1, 0.15) is 6.61 Å². The van der Waals surface area contributed by atoms with Gasteiger partial charge in [0, 0.05) is 19.6 Å². The first-order chi connectivity index (χ1) is 12.5.